The molecule has 3 heteroatoms. The molecule has 0 saturated heterocycles. The molecule has 0 saturated carbocycles. The standard InChI is InChI=1S/C16H16O3/c1-2-12-5-4-8-15(10-12)19-11-13-6-3-7-14(9-13)16(17)18/h3-10H,2,11H2,1H3,(H,17,18). The van der Waals surface area contributed by atoms with E-state index >= 15 is 0 Å². The Morgan fingerprint density at radius 1 is 1.11 bits per heavy atom. The maximum absolute atomic E-state index is 10.9. The van der Waals surface area contributed by atoms with Gasteiger partial charge in [0.05, 0.1) is 5.56 Å². The molecule has 0 spiro atoms. The van der Waals surface area contributed by atoms with E-state index in [1.165, 1.54) is 5.56 Å². The first-order chi connectivity index (χ1) is 9.19. The van der Waals surface area contributed by atoms with E-state index in [9.17, 15) is 4.79 Å². The van der Waals surface area contributed by atoms with Gasteiger partial charge in [-0.3, -0.25) is 0 Å². The van der Waals surface area contributed by atoms with Crippen molar-refractivity contribution in [1.29, 1.82) is 0 Å². The maximum Gasteiger partial charge on any atom is 0.335 e. The zero-order valence-corrected chi connectivity index (χ0v) is 10.8. The zero-order valence-electron chi connectivity index (χ0n) is 10.8. The molecule has 0 unspecified atom stereocenters. The Kier molecular flexibility index (Phi) is 4.18. The number of carboxylic acid groups (broad SMARTS) is 1. The van der Waals surface area contributed by atoms with Gasteiger partial charge in [0.1, 0.15) is 12.4 Å². The summed E-state index contributed by atoms with van der Waals surface area (Å²) < 4.78 is 5.68. The Morgan fingerprint density at radius 2 is 1.84 bits per heavy atom. The lowest BCUT2D eigenvalue weighted by Crippen LogP contribution is -2.00. The van der Waals surface area contributed by atoms with Gasteiger partial charge >= 0.3 is 5.97 Å². The van der Waals surface area contributed by atoms with Crippen LogP contribution in [0, 0.1) is 0 Å². The van der Waals surface area contributed by atoms with Crippen molar-refractivity contribution in [3.05, 3.63) is 65.2 Å². The van der Waals surface area contributed by atoms with Crippen molar-refractivity contribution in [3.63, 3.8) is 0 Å². The van der Waals surface area contributed by atoms with Crippen molar-refractivity contribution >= 4 is 5.97 Å². The summed E-state index contributed by atoms with van der Waals surface area (Å²) in [5.74, 6) is -0.116. The van der Waals surface area contributed by atoms with Crippen molar-refractivity contribution in [2.45, 2.75) is 20.0 Å². The first-order valence-electron chi connectivity index (χ1n) is 6.23. The maximum atomic E-state index is 10.9. The lowest BCUT2D eigenvalue weighted by Gasteiger charge is -2.08. The summed E-state index contributed by atoms with van der Waals surface area (Å²) in [5.41, 5.74) is 2.35. The second-order valence-electron chi connectivity index (χ2n) is 4.30. The molecule has 0 bridgehead atoms. The van der Waals surface area contributed by atoms with Crippen LogP contribution in [0.4, 0.5) is 0 Å². The quantitative estimate of drug-likeness (QED) is 0.890. The highest BCUT2D eigenvalue weighted by Crippen LogP contribution is 2.16. The zero-order chi connectivity index (χ0) is 13.7. The molecule has 2 aromatic rings. The molecule has 98 valence electrons. The summed E-state index contributed by atoms with van der Waals surface area (Å²) in [7, 11) is 0. The Morgan fingerprint density at radius 3 is 2.58 bits per heavy atom. The fourth-order valence-corrected chi connectivity index (χ4v) is 1.82. The van der Waals surface area contributed by atoms with E-state index in [1.54, 1.807) is 18.2 Å². The number of carboxylic acids is 1. The van der Waals surface area contributed by atoms with Gasteiger partial charge in [-0.15, -0.1) is 0 Å². The molecule has 0 heterocycles. The van der Waals surface area contributed by atoms with Gasteiger partial charge in [0, 0.05) is 0 Å². The molecule has 0 aliphatic rings. The predicted octanol–water partition coefficient (Wildman–Crippen LogP) is 3.53. The van der Waals surface area contributed by atoms with Crippen LogP contribution in [0.1, 0.15) is 28.4 Å². The van der Waals surface area contributed by atoms with Crippen LogP contribution in [0.15, 0.2) is 48.5 Å². The molecule has 0 radical (unpaired) electrons. The summed E-state index contributed by atoms with van der Waals surface area (Å²) in [4.78, 5) is 10.9. The van der Waals surface area contributed by atoms with Gasteiger partial charge in [0.2, 0.25) is 0 Å². The van der Waals surface area contributed by atoms with Crippen LogP contribution in [-0.4, -0.2) is 11.1 Å². The number of hydrogen-bond donors (Lipinski definition) is 1. The summed E-state index contributed by atoms with van der Waals surface area (Å²) in [5, 5.41) is 8.92. The Bertz CT molecular complexity index is 576. The van der Waals surface area contributed by atoms with Gasteiger partial charge in [-0.05, 0) is 41.8 Å². The molecule has 3 nitrogen and oxygen atoms in total. The van der Waals surface area contributed by atoms with Gasteiger partial charge in [-0.2, -0.15) is 0 Å². The first kappa shape index (κ1) is 13.1. The highest BCUT2D eigenvalue weighted by atomic mass is 16.5. The summed E-state index contributed by atoms with van der Waals surface area (Å²) in [6.07, 6.45) is 0.964. The minimum Gasteiger partial charge on any atom is -0.489 e. The monoisotopic (exact) mass is 256 g/mol. The normalized spacial score (nSPS) is 10.2. The molecule has 19 heavy (non-hydrogen) atoms. The first-order valence-corrected chi connectivity index (χ1v) is 6.23. The number of hydrogen-bond acceptors (Lipinski definition) is 2. The van der Waals surface area contributed by atoms with Crippen LogP contribution in [0.2, 0.25) is 0 Å². The second kappa shape index (κ2) is 6.05. The van der Waals surface area contributed by atoms with Crippen LogP contribution < -0.4 is 4.74 Å². The number of aryl methyl sites for hydroxylation is 1. The van der Waals surface area contributed by atoms with Crippen LogP contribution in [-0.2, 0) is 13.0 Å². The van der Waals surface area contributed by atoms with Crippen LogP contribution in [0.25, 0.3) is 0 Å². The topological polar surface area (TPSA) is 46.5 Å². The molecule has 0 aromatic heterocycles. The molecule has 2 aromatic carbocycles. The lowest BCUT2D eigenvalue weighted by atomic mass is 10.1. The minimum absolute atomic E-state index is 0.281. The third-order valence-corrected chi connectivity index (χ3v) is 2.89. The summed E-state index contributed by atoms with van der Waals surface area (Å²) >= 11 is 0. The Labute approximate surface area is 112 Å². The van der Waals surface area contributed by atoms with Crippen molar-refractivity contribution in [2.75, 3.05) is 0 Å². The van der Waals surface area contributed by atoms with Crippen molar-refractivity contribution in [2.24, 2.45) is 0 Å². The van der Waals surface area contributed by atoms with E-state index in [0.29, 0.717) is 6.61 Å². The van der Waals surface area contributed by atoms with E-state index in [1.807, 2.05) is 24.3 Å². The van der Waals surface area contributed by atoms with Crippen molar-refractivity contribution < 1.29 is 14.6 Å². The van der Waals surface area contributed by atoms with Gasteiger partial charge in [-0.1, -0.05) is 31.2 Å². The second-order valence-corrected chi connectivity index (χ2v) is 4.30. The third kappa shape index (κ3) is 3.58. The highest BCUT2D eigenvalue weighted by Gasteiger charge is 2.03. The molecule has 1 N–H and O–H groups in total. The van der Waals surface area contributed by atoms with E-state index in [-0.39, 0.29) is 5.56 Å². The predicted molar refractivity (Wildman–Crippen MR) is 73.6 cm³/mol. The number of rotatable bonds is 5. The average molecular weight is 256 g/mol. The molecular weight excluding hydrogens is 240 g/mol. The fraction of sp³-hybridized carbons (Fsp3) is 0.188. The summed E-state index contributed by atoms with van der Waals surface area (Å²) in [6.45, 7) is 2.46. The van der Waals surface area contributed by atoms with E-state index < -0.39 is 5.97 Å². The SMILES string of the molecule is CCc1cccc(OCc2cccc(C(=O)O)c2)c1. The van der Waals surface area contributed by atoms with Gasteiger partial charge in [-0.25, -0.2) is 4.79 Å². The van der Waals surface area contributed by atoms with Crippen LogP contribution in [0.5, 0.6) is 5.75 Å². The van der Waals surface area contributed by atoms with Gasteiger partial charge in [0.15, 0.2) is 0 Å². The van der Waals surface area contributed by atoms with Crippen LogP contribution >= 0.6 is 0 Å². The third-order valence-electron chi connectivity index (χ3n) is 2.89. The average Bonchev–Trinajstić information content (AvgIpc) is 2.45. The molecular formula is C16H16O3. The van der Waals surface area contributed by atoms with Crippen molar-refractivity contribution in [1.82, 2.24) is 0 Å². The van der Waals surface area contributed by atoms with E-state index in [4.69, 9.17) is 9.84 Å². The van der Waals surface area contributed by atoms with Crippen LogP contribution in [0.3, 0.4) is 0 Å². The van der Waals surface area contributed by atoms with E-state index in [0.717, 1.165) is 17.7 Å². The molecule has 2 rings (SSSR count). The van der Waals surface area contributed by atoms with Gasteiger partial charge in [0.25, 0.3) is 0 Å². The van der Waals surface area contributed by atoms with E-state index in [2.05, 4.69) is 13.0 Å². The molecule has 0 fully saturated rings. The molecule has 0 amide bonds. The lowest BCUT2D eigenvalue weighted by molar-refractivity contribution is 0.0696. The smallest absolute Gasteiger partial charge is 0.335 e. The minimum atomic E-state index is -0.921. The number of aromatic carboxylic acids is 1. The molecule has 0 atom stereocenters. The highest BCUT2D eigenvalue weighted by molar-refractivity contribution is 5.87. The largest absolute Gasteiger partial charge is 0.489 e. The Hall–Kier alpha value is -2.29. The number of carbonyl (C=O) groups is 1. The summed E-state index contributed by atoms with van der Waals surface area (Å²) in [6, 6.07) is 14.7. The molecule has 0 aliphatic carbocycles. The van der Waals surface area contributed by atoms with Gasteiger partial charge < -0.3 is 9.84 Å². The fourth-order valence-electron chi connectivity index (χ4n) is 1.82. The molecule has 0 aliphatic heterocycles. The van der Waals surface area contributed by atoms with Crippen molar-refractivity contribution in [3.8, 4) is 5.75 Å². The Balaban J connectivity index is 2.05. The number of ether oxygens (including phenoxy) is 1. The number of benzene rings is 2.